The molecule has 0 bridgehead atoms. The van der Waals surface area contributed by atoms with Gasteiger partial charge >= 0.3 is 0 Å². The van der Waals surface area contributed by atoms with Crippen LogP contribution in [0.1, 0.15) is 59.4 Å². The number of fused-ring (bicyclic) bond motifs is 1. The van der Waals surface area contributed by atoms with Crippen LogP contribution in [-0.4, -0.2) is 39.2 Å². The Hall–Kier alpha value is -2.48. The molecule has 1 amide bonds. The van der Waals surface area contributed by atoms with Gasteiger partial charge in [0.2, 0.25) is 0 Å². The molecule has 1 saturated carbocycles. The van der Waals surface area contributed by atoms with Gasteiger partial charge in [-0.2, -0.15) is 0 Å². The summed E-state index contributed by atoms with van der Waals surface area (Å²) in [5, 5.41) is 21.7. The van der Waals surface area contributed by atoms with Crippen molar-refractivity contribution in [2.75, 3.05) is 13.2 Å². The van der Waals surface area contributed by atoms with E-state index in [2.05, 4.69) is 4.98 Å². The first-order chi connectivity index (χ1) is 17.1. The molecule has 5 rings (SSSR count). The minimum atomic E-state index is -1.28. The molecule has 2 N–H and O–H groups in total. The number of carbonyl (C=O) groups excluding carboxylic acids is 1. The minimum Gasteiger partial charge on any atom is -0.396 e. The van der Waals surface area contributed by atoms with Gasteiger partial charge in [0, 0.05) is 33.3 Å². The Morgan fingerprint density at radius 2 is 1.75 bits per heavy atom. The van der Waals surface area contributed by atoms with Crippen molar-refractivity contribution < 1.29 is 19.7 Å². The highest BCUT2D eigenvalue weighted by Crippen LogP contribution is 2.51. The maximum absolute atomic E-state index is 14.0. The fourth-order valence-electron chi connectivity index (χ4n) is 4.68. The quantitative estimate of drug-likeness (QED) is 0.418. The van der Waals surface area contributed by atoms with E-state index in [4.69, 9.17) is 27.9 Å². The van der Waals surface area contributed by atoms with Gasteiger partial charge in [0.15, 0.2) is 5.72 Å². The van der Waals surface area contributed by atoms with Gasteiger partial charge in [-0.25, -0.2) is 0 Å². The molecule has 3 aromatic rings. The van der Waals surface area contributed by atoms with Crippen LogP contribution in [0, 0.1) is 5.41 Å². The molecule has 0 unspecified atom stereocenters. The van der Waals surface area contributed by atoms with Gasteiger partial charge in [-0.05, 0) is 62.6 Å². The van der Waals surface area contributed by atoms with E-state index in [9.17, 15) is 15.0 Å². The molecular formula is C28H28Cl2N2O4. The van der Waals surface area contributed by atoms with Gasteiger partial charge in [-0.3, -0.25) is 14.7 Å². The molecule has 0 saturated heterocycles. The molecule has 2 aromatic carbocycles. The van der Waals surface area contributed by atoms with E-state index >= 15 is 0 Å². The lowest BCUT2D eigenvalue weighted by Crippen LogP contribution is -2.47. The summed E-state index contributed by atoms with van der Waals surface area (Å²) in [6.07, 6.45) is 3.27. The number of carbonyl (C=O) groups is 1. The number of pyridine rings is 1. The largest absolute Gasteiger partial charge is 0.396 e. The normalized spacial score (nSPS) is 20.5. The molecule has 2 heterocycles. The van der Waals surface area contributed by atoms with E-state index in [1.165, 1.54) is 0 Å². The second kappa shape index (κ2) is 9.12. The van der Waals surface area contributed by atoms with Crippen molar-refractivity contribution in [3.05, 3.63) is 98.8 Å². The molecule has 0 spiro atoms. The number of aromatic nitrogens is 1. The van der Waals surface area contributed by atoms with Gasteiger partial charge in [-0.15, -0.1) is 0 Å². The summed E-state index contributed by atoms with van der Waals surface area (Å²) in [7, 11) is 0. The van der Waals surface area contributed by atoms with Crippen LogP contribution in [0.5, 0.6) is 0 Å². The van der Waals surface area contributed by atoms with Gasteiger partial charge in [0.25, 0.3) is 5.91 Å². The first-order valence-electron chi connectivity index (χ1n) is 11.9. The Balaban J connectivity index is 1.70. The number of halogens is 2. The third-order valence-corrected chi connectivity index (χ3v) is 7.65. The van der Waals surface area contributed by atoms with Gasteiger partial charge in [0.05, 0.1) is 36.1 Å². The smallest absolute Gasteiger partial charge is 0.257 e. The summed E-state index contributed by atoms with van der Waals surface area (Å²) < 4.78 is 6.75. The molecule has 188 valence electrons. The molecule has 0 radical (unpaired) electrons. The third-order valence-electron chi connectivity index (χ3n) is 7.17. The molecule has 1 aliphatic heterocycles. The third kappa shape index (κ3) is 4.42. The second-order valence-corrected chi connectivity index (χ2v) is 11.1. The van der Waals surface area contributed by atoms with E-state index < -0.39 is 11.3 Å². The Morgan fingerprint density at radius 3 is 2.33 bits per heavy atom. The van der Waals surface area contributed by atoms with Crippen LogP contribution in [0.15, 0.2) is 60.8 Å². The summed E-state index contributed by atoms with van der Waals surface area (Å²) in [6.45, 7) is 3.82. The fraction of sp³-hybridized carbons (Fsp3) is 0.357. The number of amides is 1. The van der Waals surface area contributed by atoms with Crippen molar-refractivity contribution in [1.82, 2.24) is 9.88 Å². The average molecular weight is 527 g/mol. The Bertz CT molecular complexity index is 1280. The van der Waals surface area contributed by atoms with Crippen LogP contribution in [0.25, 0.3) is 0 Å². The highest BCUT2D eigenvalue weighted by Gasteiger charge is 2.55. The van der Waals surface area contributed by atoms with Crippen molar-refractivity contribution in [1.29, 1.82) is 0 Å². The molecule has 36 heavy (non-hydrogen) atoms. The standard InChI is InChI=1S/C28H28Cl2N2O4/c1-26(2,35)19-5-10-24-23(13-19)25(34)32(15-22-9-8-21(30)14-31-22)28(24,18-3-6-20(29)7-4-18)36-17-27(16-33)11-12-27/h3-10,13-14,33,35H,11-12,15-17H2,1-2H3/t28-/m1/s1. The van der Waals surface area contributed by atoms with Gasteiger partial charge < -0.3 is 14.9 Å². The van der Waals surface area contributed by atoms with E-state index in [0.29, 0.717) is 32.4 Å². The minimum absolute atomic E-state index is 0.0148. The second-order valence-electron chi connectivity index (χ2n) is 10.3. The lowest BCUT2D eigenvalue weighted by molar-refractivity contribution is -0.129. The first-order valence-corrected chi connectivity index (χ1v) is 12.6. The van der Waals surface area contributed by atoms with Crippen LogP contribution in [0.3, 0.4) is 0 Å². The molecule has 1 atom stereocenters. The number of hydrogen-bond acceptors (Lipinski definition) is 5. The predicted molar refractivity (Wildman–Crippen MR) is 138 cm³/mol. The number of hydrogen-bond donors (Lipinski definition) is 2. The summed E-state index contributed by atoms with van der Waals surface area (Å²) in [6, 6.07) is 16.2. The van der Waals surface area contributed by atoms with Gasteiger partial charge in [0.1, 0.15) is 0 Å². The zero-order valence-electron chi connectivity index (χ0n) is 20.2. The number of benzene rings is 2. The highest BCUT2D eigenvalue weighted by atomic mass is 35.5. The first kappa shape index (κ1) is 25.2. The topological polar surface area (TPSA) is 82.9 Å². The van der Waals surface area contributed by atoms with E-state index in [1.54, 1.807) is 55.3 Å². The molecule has 1 aliphatic carbocycles. The molecule has 6 nitrogen and oxygen atoms in total. The van der Waals surface area contributed by atoms with E-state index in [0.717, 1.165) is 18.4 Å². The number of rotatable bonds is 8. The van der Waals surface area contributed by atoms with Crippen LogP contribution in [0.2, 0.25) is 10.0 Å². The lowest BCUT2D eigenvalue weighted by atomic mass is 9.89. The highest BCUT2D eigenvalue weighted by molar-refractivity contribution is 6.30. The maximum Gasteiger partial charge on any atom is 0.257 e. The number of aliphatic hydroxyl groups is 2. The van der Waals surface area contributed by atoms with Crippen LogP contribution < -0.4 is 0 Å². The average Bonchev–Trinajstić information content (AvgIpc) is 3.60. The monoisotopic (exact) mass is 526 g/mol. The molecular weight excluding hydrogens is 499 g/mol. The summed E-state index contributed by atoms with van der Waals surface area (Å²) in [4.78, 5) is 20.1. The number of ether oxygens (including phenoxy) is 1. The van der Waals surface area contributed by atoms with Crippen molar-refractivity contribution in [3.8, 4) is 0 Å². The molecule has 8 heteroatoms. The fourth-order valence-corrected chi connectivity index (χ4v) is 4.92. The van der Waals surface area contributed by atoms with Crippen LogP contribution >= 0.6 is 23.2 Å². The Morgan fingerprint density at radius 1 is 1.06 bits per heavy atom. The number of nitrogens with zero attached hydrogens (tertiary/aromatic N) is 2. The van der Waals surface area contributed by atoms with E-state index in [1.807, 2.05) is 24.3 Å². The zero-order valence-corrected chi connectivity index (χ0v) is 21.7. The van der Waals surface area contributed by atoms with Crippen molar-refractivity contribution in [2.45, 2.75) is 44.6 Å². The zero-order chi connectivity index (χ0) is 25.7. The lowest BCUT2D eigenvalue weighted by Gasteiger charge is -2.40. The SMILES string of the molecule is CC(C)(O)c1ccc2c(c1)C(=O)N(Cc1ccc(Cl)cn1)[C@@]2(OCC1(CO)CC1)c1ccc(Cl)cc1. The molecule has 2 aliphatic rings. The van der Waals surface area contributed by atoms with Crippen molar-refractivity contribution >= 4 is 29.1 Å². The summed E-state index contributed by atoms with van der Waals surface area (Å²) in [5.74, 6) is -0.239. The molecule has 1 aromatic heterocycles. The Labute approximate surface area is 220 Å². The summed E-state index contributed by atoms with van der Waals surface area (Å²) in [5.41, 5.74) is 0.410. The number of aliphatic hydroxyl groups excluding tert-OH is 1. The van der Waals surface area contributed by atoms with Crippen molar-refractivity contribution in [2.24, 2.45) is 5.41 Å². The maximum atomic E-state index is 14.0. The Kier molecular flexibility index (Phi) is 6.38. The molecule has 1 fully saturated rings. The predicted octanol–water partition coefficient (Wildman–Crippen LogP) is 5.26. The van der Waals surface area contributed by atoms with Crippen molar-refractivity contribution in [3.63, 3.8) is 0 Å². The van der Waals surface area contributed by atoms with Crippen LogP contribution in [0.4, 0.5) is 0 Å². The van der Waals surface area contributed by atoms with E-state index in [-0.39, 0.29) is 31.1 Å². The van der Waals surface area contributed by atoms with Crippen LogP contribution in [-0.2, 0) is 22.6 Å². The van der Waals surface area contributed by atoms with Gasteiger partial charge in [-0.1, -0.05) is 47.5 Å². The summed E-state index contributed by atoms with van der Waals surface area (Å²) >= 11 is 12.3.